The molecule has 0 atom stereocenters. The van der Waals surface area contributed by atoms with Crippen LogP contribution in [0.2, 0.25) is 0 Å². The molecule has 0 bridgehead atoms. The number of carbonyl (C=O) groups excluding carboxylic acids is 1. The zero-order chi connectivity index (χ0) is 13.1. The Morgan fingerprint density at radius 2 is 2.11 bits per heavy atom. The van der Waals surface area contributed by atoms with Crippen molar-refractivity contribution in [3.8, 4) is 0 Å². The molecule has 0 spiro atoms. The Balaban J connectivity index is 2.40. The van der Waals surface area contributed by atoms with Gasteiger partial charge in [0.05, 0.1) is 36.4 Å². The lowest BCUT2D eigenvalue weighted by atomic mass is 10.1. The predicted molar refractivity (Wildman–Crippen MR) is 59.1 cm³/mol. The summed E-state index contributed by atoms with van der Waals surface area (Å²) < 4.78 is 14.9. The van der Waals surface area contributed by atoms with E-state index in [1.54, 1.807) is 0 Å². The molecular weight excluding hydrogens is 242 g/mol. The van der Waals surface area contributed by atoms with Gasteiger partial charge in [-0.1, -0.05) is 0 Å². The van der Waals surface area contributed by atoms with Gasteiger partial charge in [0.15, 0.2) is 6.29 Å². The maximum absolute atomic E-state index is 11.3. The molecule has 0 aromatic heterocycles. The largest absolute Gasteiger partial charge is 0.465 e. The van der Waals surface area contributed by atoms with E-state index < -0.39 is 17.2 Å². The van der Waals surface area contributed by atoms with Gasteiger partial charge in [-0.3, -0.25) is 10.1 Å². The Kier molecular flexibility index (Phi) is 3.54. The number of ether oxygens (including phenoxy) is 3. The highest BCUT2D eigenvalue weighted by atomic mass is 16.7. The SMILES string of the molecule is COC(=O)c1ccc(C2OCCO2)c([N+](=O)[O-])c1. The van der Waals surface area contributed by atoms with Crippen LogP contribution in [-0.4, -0.2) is 31.2 Å². The molecule has 0 radical (unpaired) electrons. The number of esters is 1. The van der Waals surface area contributed by atoms with Crippen molar-refractivity contribution in [1.29, 1.82) is 0 Å². The first-order valence-corrected chi connectivity index (χ1v) is 5.23. The van der Waals surface area contributed by atoms with Gasteiger partial charge in [0.1, 0.15) is 0 Å². The van der Waals surface area contributed by atoms with Crippen LogP contribution in [0.3, 0.4) is 0 Å². The van der Waals surface area contributed by atoms with Gasteiger partial charge >= 0.3 is 5.97 Å². The number of hydrogen-bond donors (Lipinski definition) is 0. The average Bonchev–Trinajstić information content (AvgIpc) is 2.90. The fourth-order valence-electron chi connectivity index (χ4n) is 1.68. The van der Waals surface area contributed by atoms with Crippen LogP contribution in [0.15, 0.2) is 18.2 Å². The molecule has 2 rings (SSSR count). The summed E-state index contributed by atoms with van der Waals surface area (Å²) in [4.78, 5) is 21.7. The molecule has 1 aromatic rings. The van der Waals surface area contributed by atoms with Crippen LogP contribution in [0.5, 0.6) is 0 Å². The molecule has 7 nitrogen and oxygen atoms in total. The topological polar surface area (TPSA) is 87.9 Å². The normalized spacial score (nSPS) is 15.6. The molecule has 1 saturated heterocycles. The molecule has 0 aliphatic carbocycles. The highest BCUT2D eigenvalue weighted by molar-refractivity contribution is 5.90. The average molecular weight is 253 g/mol. The highest BCUT2D eigenvalue weighted by Crippen LogP contribution is 2.31. The van der Waals surface area contributed by atoms with E-state index in [4.69, 9.17) is 9.47 Å². The molecule has 0 N–H and O–H groups in total. The highest BCUT2D eigenvalue weighted by Gasteiger charge is 2.28. The Morgan fingerprint density at radius 3 is 2.67 bits per heavy atom. The van der Waals surface area contributed by atoms with Crippen LogP contribution < -0.4 is 0 Å². The predicted octanol–water partition coefficient (Wildman–Crippen LogP) is 1.43. The van der Waals surface area contributed by atoms with Crippen molar-refractivity contribution < 1.29 is 23.9 Å². The van der Waals surface area contributed by atoms with Crippen molar-refractivity contribution in [2.75, 3.05) is 20.3 Å². The lowest BCUT2D eigenvalue weighted by Crippen LogP contribution is -2.07. The van der Waals surface area contributed by atoms with Crippen LogP contribution >= 0.6 is 0 Å². The molecule has 0 saturated carbocycles. The Morgan fingerprint density at radius 1 is 1.44 bits per heavy atom. The summed E-state index contributed by atoms with van der Waals surface area (Å²) in [5.74, 6) is -0.627. The minimum atomic E-state index is -0.753. The molecule has 1 aromatic carbocycles. The maximum atomic E-state index is 11.3. The number of nitro benzene ring substituents is 1. The molecular formula is C11H11NO6. The molecule has 7 heteroatoms. The van der Waals surface area contributed by atoms with Crippen molar-refractivity contribution in [1.82, 2.24) is 0 Å². The smallest absolute Gasteiger partial charge is 0.338 e. The summed E-state index contributed by atoms with van der Waals surface area (Å²) >= 11 is 0. The van der Waals surface area contributed by atoms with Gasteiger partial charge in [-0.05, 0) is 12.1 Å². The van der Waals surface area contributed by atoms with Crippen LogP contribution in [0.25, 0.3) is 0 Å². The van der Waals surface area contributed by atoms with Crippen molar-refractivity contribution in [2.24, 2.45) is 0 Å². The molecule has 96 valence electrons. The monoisotopic (exact) mass is 253 g/mol. The quantitative estimate of drug-likeness (QED) is 0.460. The van der Waals surface area contributed by atoms with Crippen LogP contribution in [0.4, 0.5) is 5.69 Å². The number of nitrogens with zero attached hydrogens (tertiary/aromatic N) is 1. The third-order valence-electron chi connectivity index (χ3n) is 2.52. The summed E-state index contributed by atoms with van der Waals surface area (Å²) in [7, 11) is 1.21. The van der Waals surface area contributed by atoms with E-state index in [0.29, 0.717) is 18.8 Å². The van der Waals surface area contributed by atoms with Crippen LogP contribution in [0.1, 0.15) is 22.2 Å². The van der Waals surface area contributed by atoms with Crippen molar-refractivity contribution >= 4 is 11.7 Å². The van der Waals surface area contributed by atoms with Crippen LogP contribution in [0, 0.1) is 10.1 Å². The van der Waals surface area contributed by atoms with Gasteiger partial charge in [-0.25, -0.2) is 4.79 Å². The van der Waals surface area contributed by atoms with Gasteiger partial charge in [0.2, 0.25) is 0 Å². The minimum Gasteiger partial charge on any atom is -0.465 e. The van der Waals surface area contributed by atoms with Gasteiger partial charge in [0.25, 0.3) is 5.69 Å². The van der Waals surface area contributed by atoms with E-state index in [1.165, 1.54) is 19.2 Å². The van der Waals surface area contributed by atoms with Gasteiger partial charge in [0, 0.05) is 6.07 Å². The van der Waals surface area contributed by atoms with Crippen molar-refractivity contribution in [2.45, 2.75) is 6.29 Å². The zero-order valence-corrected chi connectivity index (χ0v) is 9.62. The van der Waals surface area contributed by atoms with E-state index in [-0.39, 0.29) is 11.3 Å². The zero-order valence-electron chi connectivity index (χ0n) is 9.62. The number of rotatable bonds is 3. The summed E-state index contributed by atoms with van der Waals surface area (Å²) in [6, 6.07) is 4.05. The first-order valence-electron chi connectivity index (χ1n) is 5.23. The standard InChI is InChI=1S/C11H11NO6/c1-16-10(13)7-2-3-8(9(6-7)12(14)15)11-17-4-5-18-11/h2-3,6,11H,4-5H2,1H3. The lowest BCUT2D eigenvalue weighted by molar-refractivity contribution is -0.386. The third-order valence-corrected chi connectivity index (χ3v) is 2.52. The maximum Gasteiger partial charge on any atom is 0.338 e. The number of benzene rings is 1. The first kappa shape index (κ1) is 12.5. The van der Waals surface area contributed by atoms with E-state index in [2.05, 4.69) is 4.74 Å². The first-order chi connectivity index (χ1) is 8.63. The molecule has 1 heterocycles. The number of methoxy groups -OCH3 is 1. The summed E-state index contributed by atoms with van der Waals surface area (Å²) in [5, 5.41) is 11.0. The van der Waals surface area contributed by atoms with E-state index in [1.807, 2.05) is 0 Å². The van der Waals surface area contributed by atoms with E-state index >= 15 is 0 Å². The fraction of sp³-hybridized carbons (Fsp3) is 0.364. The lowest BCUT2D eigenvalue weighted by Gasteiger charge is -2.10. The second-order valence-corrected chi connectivity index (χ2v) is 3.60. The second kappa shape index (κ2) is 5.11. The molecule has 1 aliphatic rings. The number of carbonyl (C=O) groups is 1. The number of hydrogen-bond acceptors (Lipinski definition) is 6. The number of nitro groups is 1. The molecule has 0 unspecified atom stereocenters. The molecule has 1 aliphatic heterocycles. The molecule has 18 heavy (non-hydrogen) atoms. The van der Waals surface area contributed by atoms with Crippen molar-refractivity contribution in [3.05, 3.63) is 39.4 Å². The van der Waals surface area contributed by atoms with E-state index in [9.17, 15) is 14.9 Å². The third kappa shape index (κ3) is 2.31. The summed E-state index contributed by atoms with van der Waals surface area (Å²) in [6.07, 6.45) is -0.753. The second-order valence-electron chi connectivity index (χ2n) is 3.60. The van der Waals surface area contributed by atoms with Gasteiger partial charge in [-0.2, -0.15) is 0 Å². The summed E-state index contributed by atoms with van der Waals surface area (Å²) in [5.41, 5.74) is 0.195. The van der Waals surface area contributed by atoms with Crippen molar-refractivity contribution in [3.63, 3.8) is 0 Å². The van der Waals surface area contributed by atoms with Crippen LogP contribution in [-0.2, 0) is 14.2 Å². The Bertz CT molecular complexity index is 480. The Labute approximate surface area is 102 Å². The van der Waals surface area contributed by atoms with Gasteiger partial charge < -0.3 is 14.2 Å². The molecule has 1 fully saturated rings. The molecule has 0 amide bonds. The van der Waals surface area contributed by atoms with Gasteiger partial charge in [-0.15, -0.1) is 0 Å². The minimum absolute atomic E-state index is 0.117. The Hall–Kier alpha value is -1.99. The summed E-state index contributed by atoms with van der Waals surface area (Å²) in [6.45, 7) is 0.779. The fourth-order valence-corrected chi connectivity index (χ4v) is 1.68. The van der Waals surface area contributed by atoms with E-state index in [0.717, 1.165) is 6.07 Å².